The number of benzene rings is 1. The van der Waals surface area contributed by atoms with Crippen molar-refractivity contribution in [3.63, 3.8) is 0 Å². The Hall–Kier alpha value is -1.55. The van der Waals surface area contributed by atoms with Gasteiger partial charge in [0.05, 0.1) is 17.3 Å². The van der Waals surface area contributed by atoms with Crippen LogP contribution in [0.2, 0.25) is 0 Å². The number of anilines is 2. The fourth-order valence-electron chi connectivity index (χ4n) is 3.26. The van der Waals surface area contributed by atoms with Gasteiger partial charge in [0, 0.05) is 26.2 Å². The number of likely N-dealkylation sites (N-methyl/N-ethyl adjacent to an activating group) is 1. The third kappa shape index (κ3) is 2.40. The SMILES string of the molecule is CCN1CCN(C(=O)C2CCCNC2)c2ccccc21. The lowest BCUT2D eigenvalue weighted by Gasteiger charge is -2.39. The van der Waals surface area contributed by atoms with Crippen molar-refractivity contribution in [2.45, 2.75) is 19.8 Å². The lowest BCUT2D eigenvalue weighted by Crippen LogP contribution is -2.49. The molecule has 2 aliphatic rings. The van der Waals surface area contributed by atoms with Crippen LogP contribution in [0.3, 0.4) is 0 Å². The molecule has 0 radical (unpaired) electrons. The van der Waals surface area contributed by atoms with Crippen LogP contribution in [0.4, 0.5) is 11.4 Å². The molecule has 1 N–H and O–H groups in total. The Morgan fingerprint density at radius 3 is 2.80 bits per heavy atom. The van der Waals surface area contributed by atoms with Gasteiger partial charge in [0.25, 0.3) is 0 Å². The first-order valence-electron chi connectivity index (χ1n) is 7.67. The van der Waals surface area contributed by atoms with E-state index in [0.29, 0.717) is 5.91 Å². The normalized spacial score (nSPS) is 22.6. The van der Waals surface area contributed by atoms with Gasteiger partial charge in [0.2, 0.25) is 5.91 Å². The van der Waals surface area contributed by atoms with E-state index in [4.69, 9.17) is 0 Å². The van der Waals surface area contributed by atoms with Gasteiger partial charge in [-0.25, -0.2) is 0 Å². The largest absolute Gasteiger partial charge is 0.368 e. The van der Waals surface area contributed by atoms with Crippen molar-refractivity contribution >= 4 is 17.3 Å². The monoisotopic (exact) mass is 273 g/mol. The van der Waals surface area contributed by atoms with Crippen LogP contribution in [0.25, 0.3) is 0 Å². The maximum Gasteiger partial charge on any atom is 0.231 e. The van der Waals surface area contributed by atoms with Crippen LogP contribution in [-0.4, -0.2) is 38.6 Å². The van der Waals surface area contributed by atoms with E-state index in [9.17, 15) is 4.79 Å². The molecule has 1 saturated heterocycles. The molecule has 2 aliphatic heterocycles. The molecule has 2 heterocycles. The minimum atomic E-state index is 0.144. The zero-order chi connectivity index (χ0) is 13.9. The number of amides is 1. The quantitative estimate of drug-likeness (QED) is 0.893. The van der Waals surface area contributed by atoms with Crippen LogP contribution in [0, 0.1) is 5.92 Å². The smallest absolute Gasteiger partial charge is 0.231 e. The van der Waals surface area contributed by atoms with Gasteiger partial charge in [-0.05, 0) is 38.4 Å². The molecule has 4 heteroatoms. The van der Waals surface area contributed by atoms with E-state index in [1.165, 1.54) is 5.69 Å². The molecule has 1 atom stereocenters. The highest BCUT2D eigenvalue weighted by atomic mass is 16.2. The van der Waals surface area contributed by atoms with Crippen molar-refractivity contribution < 1.29 is 4.79 Å². The molecular weight excluding hydrogens is 250 g/mol. The summed E-state index contributed by atoms with van der Waals surface area (Å²) >= 11 is 0. The van der Waals surface area contributed by atoms with Gasteiger partial charge in [0.1, 0.15) is 0 Å². The van der Waals surface area contributed by atoms with Crippen molar-refractivity contribution in [2.24, 2.45) is 5.92 Å². The van der Waals surface area contributed by atoms with Gasteiger partial charge in [-0.1, -0.05) is 12.1 Å². The maximum atomic E-state index is 12.8. The minimum absolute atomic E-state index is 0.144. The first-order chi connectivity index (χ1) is 9.81. The standard InChI is InChI=1S/C16H23N3O/c1-2-18-10-11-19(15-8-4-3-7-14(15)18)16(20)13-6-5-9-17-12-13/h3-4,7-8,13,17H,2,5-6,9-12H2,1H3. The molecule has 0 aliphatic carbocycles. The third-order valence-electron chi connectivity index (χ3n) is 4.40. The number of piperidine rings is 1. The molecule has 4 nitrogen and oxygen atoms in total. The van der Waals surface area contributed by atoms with Crippen LogP contribution >= 0.6 is 0 Å². The zero-order valence-electron chi connectivity index (χ0n) is 12.1. The summed E-state index contributed by atoms with van der Waals surface area (Å²) in [6.45, 7) is 6.77. The number of fused-ring (bicyclic) bond motifs is 1. The molecule has 0 aromatic heterocycles. The number of nitrogens with one attached hydrogen (secondary N) is 1. The third-order valence-corrected chi connectivity index (χ3v) is 4.40. The second-order valence-corrected chi connectivity index (χ2v) is 5.60. The molecule has 0 bridgehead atoms. The van der Waals surface area contributed by atoms with Crippen molar-refractivity contribution in [3.8, 4) is 0 Å². The predicted molar refractivity (Wildman–Crippen MR) is 82.3 cm³/mol. The fourth-order valence-corrected chi connectivity index (χ4v) is 3.26. The Balaban J connectivity index is 1.85. The molecule has 0 saturated carbocycles. The van der Waals surface area contributed by atoms with Crippen molar-refractivity contribution in [1.82, 2.24) is 5.32 Å². The summed E-state index contributed by atoms with van der Waals surface area (Å²) in [4.78, 5) is 17.1. The highest BCUT2D eigenvalue weighted by Gasteiger charge is 2.31. The molecule has 1 amide bonds. The summed E-state index contributed by atoms with van der Waals surface area (Å²) in [7, 11) is 0. The lowest BCUT2D eigenvalue weighted by molar-refractivity contribution is -0.122. The number of carbonyl (C=O) groups is 1. The number of rotatable bonds is 2. The van der Waals surface area contributed by atoms with Gasteiger partial charge in [-0.15, -0.1) is 0 Å². The van der Waals surface area contributed by atoms with Gasteiger partial charge in [-0.2, -0.15) is 0 Å². The van der Waals surface area contributed by atoms with Gasteiger partial charge < -0.3 is 15.1 Å². The Labute approximate surface area is 120 Å². The molecule has 20 heavy (non-hydrogen) atoms. The summed E-state index contributed by atoms with van der Waals surface area (Å²) in [6, 6.07) is 8.28. The molecule has 3 rings (SSSR count). The average Bonchev–Trinajstić information content (AvgIpc) is 2.54. The molecule has 1 aromatic carbocycles. The van der Waals surface area contributed by atoms with E-state index in [0.717, 1.165) is 51.3 Å². The first-order valence-corrected chi connectivity index (χ1v) is 7.67. The molecule has 1 aromatic rings. The lowest BCUT2D eigenvalue weighted by atomic mass is 9.97. The Morgan fingerprint density at radius 1 is 1.30 bits per heavy atom. The molecular formula is C16H23N3O. The number of hydrogen-bond acceptors (Lipinski definition) is 3. The number of carbonyl (C=O) groups excluding carboxylic acids is 1. The van der Waals surface area contributed by atoms with Crippen LogP contribution in [0.15, 0.2) is 24.3 Å². The maximum absolute atomic E-state index is 12.8. The van der Waals surface area contributed by atoms with Crippen molar-refractivity contribution in [3.05, 3.63) is 24.3 Å². The number of nitrogens with zero attached hydrogens (tertiary/aromatic N) is 2. The molecule has 1 unspecified atom stereocenters. The molecule has 0 spiro atoms. The second-order valence-electron chi connectivity index (χ2n) is 5.60. The summed E-state index contributed by atoms with van der Waals surface area (Å²) in [5.74, 6) is 0.436. The van der Waals surface area contributed by atoms with Crippen LogP contribution < -0.4 is 15.1 Å². The van der Waals surface area contributed by atoms with E-state index in [2.05, 4.69) is 35.3 Å². The Bertz CT molecular complexity index is 482. The minimum Gasteiger partial charge on any atom is -0.368 e. The summed E-state index contributed by atoms with van der Waals surface area (Å²) in [6.07, 6.45) is 2.12. The fraction of sp³-hybridized carbons (Fsp3) is 0.562. The topological polar surface area (TPSA) is 35.6 Å². The van der Waals surface area contributed by atoms with Gasteiger partial charge in [-0.3, -0.25) is 4.79 Å². The Kier molecular flexibility index (Phi) is 3.92. The van der Waals surface area contributed by atoms with Crippen LogP contribution in [0.1, 0.15) is 19.8 Å². The highest BCUT2D eigenvalue weighted by molar-refractivity contribution is 5.99. The van der Waals surface area contributed by atoms with E-state index in [-0.39, 0.29) is 5.92 Å². The summed E-state index contributed by atoms with van der Waals surface area (Å²) < 4.78 is 0. The van der Waals surface area contributed by atoms with Crippen LogP contribution in [0.5, 0.6) is 0 Å². The molecule has 108 valence electrons. The van der Waals surface area contributed by atoms with E-state index in [1.54, 1.807) is 0 Å². The average molecular weight is 273 g/mol. The first kappa shape index (κ1) is 13.4. The summed E-state index contributed by atoms with van der Waals surface area (Å²) in [5.41, 5.74) is 2.27. The second kappa shape index (κ2) is 5.83. The number of hydrogen-bond donors (Lipinski definition) is 1. The Morgan fingerprint density at radius 2 is 2.10 bits per heavy atom. The van der Waals surface area contributed by atoms with Crippen molar-refractivity contribution in [1.29, 1.82) is 0 Å². The van der Waals surface area contributed by atoms with E-state index in [1.807, 2.05) is 11.0 Å². The van der Waals surface area contributed by atoms with Gasteiger partial charge >= 0.3 is 0 Å². The predicted octanol–water partition coefficient (Wildman–Crippen LogP) is 1.86. The number of para-hydroxylation sites is 2. The van der Waals surface area contributed by atoms with Crippen LogP contribution in [-0.2, 0) is 4.79 Å². The van der Waals surface area contributed by atoms with E-state index >= 15 is 0 Å². The van der Waals surface area contributed by atoms with E-state index < -0.39 is 0 Å². The van der Waals surface area contributed by atoms with Crippen molar-refractivity contribution in [2.75, 3.05) is 42.5 Å². The highest BCUT2D eigenvalue weighted by Crippen LogP contribution is 2.33. The zero-order valence-corrected chi connectivity index (χ0v) is 12.1. The summed E-state index contributed by atoms with van der Waals surface area (Å²) in [5, 5.41) is 3.34. The van der Waals surface area contributed by atoms with Gasteiger partial charge in [0.15, 0.2) is 0 Å². The molecule has 1 fully saturated rings.